The minimum atomic E-state index is -3.22. The number of amides is 1. The fourth-order valence-electron chi connectivity index (χ4n) is 3.87. The molecular weight excluding hydrogens is 456 g/mol. The number of nitrogens with one attached hydrogen (secondary N) is 1. The van der Waals surface area contributed by atoms with Gasteiger partial charge in [-0.05, 0) is 42.3 Å². The maximum absolute atomic E-state index is 12.9. The van der Waals surface area contributed by atoms with E-state index in [9.17, 15) is 13.2 Å². The molecule has 12 heteroatoms. The molecule has 0 bridgehead atoms. The van der Waals surface area contributed by atoms with Crippen LogP contribution >= 0.6 is 0 Å². The van der Waals surface area contributed by atoms with Crippen molar-refractivity contribution in [3.63, 3.8) is 0 Å². The Morgan fingerprint density at radius 2 is 2.03 bits per heavy atom. The molecule has 0 saturated carbocycles. The van der Waals surface area contributed by atoms with Gasteiger partial charge in [-0.2, -0.15) is 14.2 Å². The lowest BCUT2D eigenvalue weighted by Crippen LogP contribution is -2.51. The van der Waals surface area contributed by atoms with Crippen LogP contribution < -0.4 is 5.32 Å². The molecule has 34 heavy (non-hydrogen) atoms. The van der Waals surface area contributed by atoms with Crippen molar-refractivity contribution in [2.45, 2.75) is 26.3 Å². The number of aryl methyl sites for hydroxylation is 1. The second-order valence-corrected chi connectivity index (χ2v) is 10.4. The van der Waals surface area contributed by atoms with Crippen molar-refractivity contribution in [2.75, 3.05) is 24.2 Å². The molecule has 1 amide bonds. The van der Waals surface area contributed by atoms with Gasteiger partial charge in [-0.3, -0.25) is 4.79 Å². The lowest BCUT2D eigenvalue weighted by Gasteiger charge is -2.36. The van der Waals surface area contributed by atoms with Crippen LogP contribution in [0.4, 0.5) is 5.69 Å². The van der Waals surface area contributed by atoms with E-state index in [1.165, 1.54) is 9.10 Å². The molecule has 3 aromatic heterocycles. The molecular formula is C22H24N8O3S. The molecule has 4 heterocycles. The first kappa shape index (κ1) is 22.2. The summed E-state index contributed by atoms with van der Waals surface area (Å²) in [4.78, 5) is 14.4. The molecule has 1 aliphatic rings. The molecule has 1 saturated heterocycles. The highest BCUT2D eigenvalue weighted by atomic mass is 32.2. The van der Waals surface area contributed by atoms with Gasteiger partial charge in [0.15, 0.2) is 0 Å². The lowest BCUT2D eigenvalue weighted by molar-refractivity contribution is 0.102. The quantitative estimate of drug-likeness (QED) is 0.429. The number of sulfonamides is 1. The van der Waals surface area contributed by atoms with Gasteiger partial charge in [0, 0.05) is 30.5 Å². The number of carbonyl (C=O) groups excluding carboxylic acids is 1. The summed E-state index contributed by atoms with van der Waals surface area (Å²) >= 11 is 0. The fraction of sp³-hybridized carbons (Fsp3) is 0.318. The molecule has 11 nitrogen and oxygen atoms in total. The minimum absolute atomic E-state index is 0.142. The monoisotopic (exact) mass is 480 g/mol. The number of pyridine rings is 1. The lowest BCUT2D eigenvalue weighted by atomic mass is 10.1. The van der Waals surface area contributed by atoms with Crippen LogP contribution in [-0.2, 0) is 10.0 Å². The predicted molar refractivity (Wildman–Crippen MR) is 126 cm³/mol. The molecule has 0 aliphatic carbocycles. The predicted octanol–water partition coefficient (Wildman–Crippen LogP) is 2.15. The van der Waals surface area contributed by atoms with Crippen LogP contribution in [0.2, 0.25) is 0 Å². The van der Waals surface area contributed by atoms with Crippen molar-refractivity contribution >= 4 is 27.1 Å². The highest BCUT2D eigenvalue weighted by Gasteiger charge is 2.37. The summed E-state index contributed by atoms with van der Waals surface area (Å²) in [6.45, 7) is 4.43. The van der Waals surface area contributed by atoms with E-state index in [1.807, 2.05) is 44.2 Å². The summed E-state index contributed by atoms with van der Waals surface area (Å²) in [6.07, 6.45) is 3.91. The average Bonchev–Trinajstić information content (AvgIpc) is 3.41. The van der Waals surface area contributed by atoms with Crippen LogP contribution in [-0.4, -0.2) is 67.3 Å². The Labute approximate surface area is 196 Å². The number of anilines is 1. The number of hydrogen-bond donors (Lipinski definition) is 1. The first-order chi connectivity index (χ1) is 16.4. The average molecular weight is 481 g/mol. The zero-order chi connectivity index (χ0) is 23.9. The van der Waals surface area contributed by atoms with E-state index >= 15 is 0 Å². The zero-order valence-electron chi connectivity index (χ0n) is 18.8. The smallest absolute Gasteiger partial charge is 0.259 e. The maximum atomic E-state index is 12.9. The van der Waals surface area contributed by atoms with E-state index in [-0.39, 0.29) is 17.7 Å². The molecule has 1 fully saturated rings. The summed E-state index contributed by atoms with van der Waals surface area (Å²) in [7, 11) is -3.22. The van der Waals surface area contributed by atoms with E-state index in [1.54, 1.807) is 23.0 Å². The first-order valence-corrected chi connectivity index (χ1v) is 12.6. The van der Waals surface area contributed by atoms with Crippen molar-refractivity contribution in [3.8, 4) is 11.4 Å². The van der Waals surface area contributed by atoms with Gasteiger partial charge in [-0.25, -0.2) is 12.9 Å². The largest absolute Gasteiger partial charge is 0.322 e. The highest BCUT2D eigenvalue weighted by Crippen LogP contribution is 2.26. The van der Waals surface area contributed by atoms with E-state index in [0.717, 1.165) is 5.56 Å². The first-order valence-electron chi connectivity index (χ1n) is 11.0. The highest BCUT2D eigenvalue weighted by molar-refractivity contribution is 7.89. The number of hydrogen-bond acceptors (Lipinski definition) is 7. The topological polar surface area (TPSA) is 127 Å². The standard InChI is InChI=1S/C22H24N8O3S/c1-3-10-34(32,33)28-13-17(14-28)30-26-21(25-27-30)16-8-7-15(2)19(11-16)24-22(31)18-12-23-29-9-5-4-6-20(18)29/h4-9,11-12,17H,3,10,13-14H2,1-2H3,(H,24,31). The number of fused-ring (bicyclic) bond motifs is 1. The van der Waals surface area contributed by atoms with Crippen LogP contribution in [0.25, 0.3) is 16.9 Å². The van der Waals surface area contributed by atoms with Crippen LogP contribution in [0.1, 0.15) is 35.3 Å². The van der Waals surface area contributed by atoms with Crippen molar-refractivity contribution in [1.29, 1.82) is 0 Å². The third-order valence-corrected chi connectivity index (χ3v) is 7.86. The third-order valence-electron chi connectivity index (χ3n) is 5.85. The fourth-order valence-corrected chi connectivity index (χ4v) is 5.44. The van der Waals surface area contributed by atoms with Crippen LogP contribution in [0, 0.1) is 6.92 Å². The molecule has 1 aromatic carbocycles. The van der Waals surface area contributed by atoms with Crippen molar-refractivity contribution in [3.05, 3.63) is 59.9 Å². The molecule has 1 aliphatic heterocycles. The third kappa shape index (κ3) is 4.05. The number of nitrogens with zero attached hydrogens (tertiary/aromatic N) is 7. The maximum Gasteiger partial charge on any atom is 0.259 e. The Balaban J connectivity index is 1.32. The van der Waals surface area contributed by atoms with Gasteiger partial charge in [0.25, 0.3) is 5.91 Å². The Kier molecular flexibility index (Phi) is 5.62. The van der Waals surface area contributed by atoms with Crippen LogP contribution in [0.5, 0.6) is 0 Å². The number of rotatable bonds is 7. The number of benzene rings is 1. The summed E-state index contributed by atoms with van der Waals surface area (Å²) in [5.41, 5.74) is 3.41. The summed E-state index contributed by atoms with van der Waals surface area (Å²) in [6, 6.07) is 10.9. The number of tetrazole rings is 1. The van der Waals surface area contributed by atoms with E-state index in [2.05, 4.69) is 25.8 Å². The van der Waals surface area contributed by atoms with Crippen molar-refractivity contribution in [1.82, 2.24) is 34.1 Å². The van der Waals surface area contributed by atoms with Crippen molar-refractivity contribution in [2.24, 2.45) is 0 Å². The molecule has 0 radical (unpaired) electrons. The molecule has 4 aromatic rings. The van der Waals surface area contributed by atoms with Gasteiger partial charge in [-0.15, -0.1) is 10.2 Å². The van der Waals surface area contributed by atoms with E-state index in [4.69, 9.17) is 0 Å². The van der Waals surface area contributed by atoms with E-state index < -0.39 is 10.0 Å². The molecule has 1 N–H and O–H groups in total. The van der Waals surface area contributed by atoms with Crippen LogP contribution in [0.15, 0.2) is 48.8 Å². The second kappa shape index (κ2) is 8.61. The Bertz CT molecular complexity index is 1470. The normalized spacial score (nSPS) is 14.9. The van der Waals surface area contributed by atoms with Gasteiger partial charge in [0.2, 0.25) is 15.8 Å². The van der Waals surface area contributed by atoms with Crippen LogP contribution in [0.3, 0.4) is 0 Å². The summed E-state index contributed by atoms with van der Waals surface area (Å²) < 4.78 is 27.4. The number of carbonyl (C=O) groups is 1. The Hall–Kier alpha value is -3.64. The van der Waals surface area contributed by atoms with Gasteiger partial charge in [0.1, 0.15) is 6.04 Å². The Morgan fingerprint density at radius 1 is 1.21 bits per heavy atom. The summed E-state index contributed by atoms with van der Waals surface area (Å²) in [5, 5.41) is 19.9. The van der Waals surface area contributed by atoms with Gasteiger partial charge < -0.3 is 5.32 Å². The molecule has 0 unspecified atom stereocenters. The zero-order valence-corrected chi connectivity index (χ0v) is 19.6. The minimum Gasteiger partial charge on any atom is -0.322 e. The van der Waals surface area contributed by atoms with Gasteiger partial charge in [0.05, 0.1) is 23.0 Å². The van der Waals surface area contributed by atoms with Gasteiger partial charge in [-0.1, -0.05) is 25.1 Å². The molecule has 5 rings (SSSR count). The molecule has 0 spiro atoms. The Morgan fingerprint density at radius 3 is 2.82 bits per heavy atom. The molecule has 0 atom stereocenters. The molecule has 176 valence electrons. The summed E-state index contributed by atoms with van der Waals surface area (Å²) in [5.74, 6) is 0.283. The SMILES string of the molecule is CCCS(=O)(=O)N1CC(n2nnc(-c3ccc(C)c(NC(=O)c4cnn5ccccc45)c3)n2)C1. The van der Waals surface area contributed by atoms with Crippen molar-refractivity contribution < 1.29 is 13.2 Å². The second-order valence-electron chi connectivity index (χ2n) is 8.29. The van der Waals surface area contributed by atoms with E-state index in [0.29, 0.717) is 47.7 Å². The van der Waals surface area contributed by atoms with Gasteiger partial charge >= 0.3 is 0 Å². The number of aromatic nitrogens is 6.